The summed E-state index contributed by atoms with van der Waals surface area (Å²) in [6.07, 6.45) is 2.88. The van der Waals surface area contributed by atoms with Crippen LogP contribution in [0.4, 0.5) is 0 Å². The van der Waals surface area contributed by atoms with Crippen molar-refractivity contribution in [1.82, 2.24) is 4.90 Å². The van der Waals surface area contributed by atoms with Gasteiger partial charge in [-0.05, 0) is 30.2 Å². The first-order valence-electron chi connectivity index (χ1n) is 8.27. The summed E-state index contributed by atoms with van der Waals surface area (Å²) in [6.45, 7) is 1.67. The molecule has 0 unspecified atom stereocenters. The number of furan rings is 1. The number of methoxy groups -OCH3 is 2. The van der Waals surface area contributed by atoms with Crippen molar-refractivity contribution in [2.45, 2.75) is 26.3 Å². The Labute approximate surface area is 152 Å². The van der Waals surface area contributed by atoms with E-state index in [9.17, 15) is 14.7 Å². The van der Waals surface area contributed by atoms with Crippen molar-refractivity contribution >= 4 is 11.9 Å². The fourth-order valence-corrected chi connectivity index (χ4v) is 2.66. The average Bonchev–Trinajstić information content (AvgIpc) is 3.08. The zero-order valence-corrected chi connectivity index (χ0v) is 15.2. The molecular formula is C19H23NO6. The second kappa shape index (κ2) is 8.94. The number of carbonyl (C=O) groups is 2. The van der Waals surface area contributed by atoms with Crippen molar-refractivity contribution in [3.63, 3.8) is 0 Å². The molecule has 0 fully saturated rings. The molecule has 0 saturated carbocycles. The molecule has 140 valence electrons. The van der Waals surface area contributed by atoms with Crippen molar-refractivity contribution in [3.8, 4) is 11.5 Å². The van der Waals surface area contributed by atoms with E-state index in [1.54, 1.807) is 24.3 Å². The maximum atomic E-state index is 12.9. The van der Waals surface area contributed by atoms with Crippen LogP contribution in [0, 0.1) is 0 Å². The van der Waals surface area contributed by atoms with Gasteiger partial charge in [0, 0.05) is 19.0 Å². The van der Waals surface area contributed by atoms with Crippen LogP contribution in [0.2, 0.25) is 0 Å². The molecule has 26 heavy (non-hydrogen) atoms. The largest absolute Gasteiger partial charge is 0.497 e. The molecule has 1 N–H and O–H groups in total. The van der Waals surface area contributed by atoms with Gasteiger partial charge in [0.05, 0.1) is 26.0 Å². The molecule has 1 heterocycles. The van der Waals surface area contributed by atoms with Crippen LogP contribution < -0.4 is 9.47 Å². The van der Waals surface area contributed by atoms with E-state index in [2.05, 4.69) is 0 Å². The quantitative estimate of drug-likeness (QED) is 0.739. The number of carboxylic acids is 1. The van der Waals surface area contributed by atoms with Gasteiger partial charge in [-0.15, -0.1) is 0 Å². The van der Waals surface area contributed by atoms with Gasteiger partial charge in [0.25, 0.3) is 5.91 Å². The molecular weight excluding hydrogens is 338 g/mol. The fourth-order valence-electron chi connectivity index (χ4n) is 2.66. The highest BCUT2D eigenvalue weighted by Gasteiger charge is 2.23. The van der Waals surface area contributed by atoms with Crippen LogP contribution in [0.5, 0.6) is 11.5 Å². The van der Waals surface area contributed by atoms with Gasteiger partial charge in [-0.1, -0.05) is 6.92 Å². The maximum Gasteiger partial charge on any atom is 0.323 e. The van der Waals surface area contributed by atoms with E-state index in [4.69, 9.17) is 13.9 Å². The summed E-state index contributed by atoms with van der Waals surface area (Å²) in [7, 11) is 3.06. The molecule has 7 heteroatoms. The van der Waals surface area contributed by atoms with Crippen LogP contribution in [0.15, 0.2) is 34.9 Å². The predicted molar refractivity (Wildman–Crippen MR) is 94.6 cm³/mol. The summed E-state index contributed by atoms with van der Waals surface area (Å²) >= 11 is 0. The predicted octanol–water partition coefficient (Wildman–Crippen LogP) is 2.98. The number of benzene rings is 1. The molecule has 2 aromatic rings. The van der Waals surface area contributed by atoms with Crippen molar-refractivity contribution < 1.29 is 28.6 Å². The minimum Gasteiger partial charge on any atom is -0.497 e. The number of rotatable bonds is 9. The Kier molecular flexibility index (Phi) is 6.66. The Morgan fingerprint density at radius 2 is 1.81 bits per heavy atom. The molecule has 0 bridgehead atoms. The second-order valence-corrected chi connectivity index (χ2v) is 5.78. The summed E-state index contributed by atoms with van der Waals surface area (Å²) in [5.41, 5.74) is 1.10. The van der Waals surface area contributed by atoms with E-state index in [1.165, 1.54) is 25.4 Å². The second-order valence-electron chi connectivity index (χ2n) is 5.78. The highest BCUT2D eigenvalue weighted by atomic mass is 16.5. The van der Waals surface area contributed by atoms with Crippen LogP contribution in [0.25, 0.3) is 0 Å². The third-order valence-corrected chi connectivity index (χ3v) is 3.85. The lowest BCUT2D eigenvalue weighted by molar-refractivity contribution is -0.137. The van der Waals surface area contributed by atoms with Crippen molar-refractivity contribution in [2.75, 3.05) is 20.8 Å². The summed E-state index contributed by atoms with van der Waals surface area (Å²) < 4.78 is 15.8. The van der Waals surface area contributed by atoms with Crippen molar-refractivity contribution in [3.05, 3.63) is 47.4 Å². The standard InChI is InChI=1S/C19H23NO6/c1-4-5-17-16(6-7-26-17)19(23)20(12-18(21)22)11-13-8-14(24-2)10-15(9-13)25-3/h6-10H,4-5,11-12H2,1-3H3,(H,21,22). The van der Waals surface area contributed by atoms with E-state index in [-0.39, 0.29) is 12.5 Å². The Morgan fingerprint density at radius 1 is 1.15 bits per heavy atom. The van der Waals surface area contributed by atoms with Gasteiger partial charge in [0.1, 0.15) is 23.8 Å². The Hall–Kier alpha value is -2.96. The van der Waals surface area contributed by atoms with Gasteiger partial charge in [0.2, 0.25) is 0 Å². The number of ether oxygens (including phenoxy) is 2. The van der Waals surface area contributed by atoms with Gasteiger partial charge in [-0.2, -0.15) is 0 Å². The fraction of sp³-hybridized carbons (Fsp3) is 0.368. The number of aliphatic carboxylic acids is 1. The monoisotopic (exact) mass is 361 g/mol. The molecule has 0 saturated heterocycles. The number of carboxylic acid groups (broad SMARTS) is 1. The summed E-state index contributed by atoms with van der Waals surface area (Å²) in [5, 5.41) is 9.22. The number of carbonyl (C=O) groups excluding carboxylic acids is 1. The summed E-state index contributed by atoms with van der Waals surface area (Å²) in [4.78, 5) is 25.4. The van der Waals surface area contributed by atoms with Gasteiger partial charge in [-0.25, -0.2) is 0 Å². The molecule has 1 amide bonds. The summed E-state index contributed by atoms with van der Waals surface area (Å²) in [6, 6.07) is 6.77. The molecule has 2 rings (SSSR count). The number of aryl methyl sites for hydroxylation is 1. The first-order chi connectivity index (χ1) is 12.5. The topological polar surface area (TPSA) is 89.2 Å². The lowest BCUT2D eigenvalue weighted by Crippen LogP contribution is -2.35. The molecule has 1 aromatic carbocycles. The van der Waals surface area contributed by atoms with Crippen LogP contribution >= 0.6 is 0 Å². The van der Waals surface area contributed by atoms with Crippen LogP contribution in [0.1, 0.15) is 35.0 Å². The third-order valence-electron chi connectivity index (χ3n) is 3.85. The lowest BCUT2D eigenvalue weighted by Gasteiger charge is -2.21. The SMILES string of the molecule is CCCc1occc1C(=O)N(CC(=O)O)Cc1cc(OC)cc(OC)c1. The van der Waals surface area contributed by atoms with E-state index in [0.717, 1.165) is 6.42 Å². The molecule has 0 radical (unpaired) electrons. The van der Waals surface area contributed by atoms with Crippen LogP contribution in [0.3, 0.4) is 0 Å². The number of hydrogen-bond acceptors (Lipinski definition) is 5. The minimum absolute atomic E-state index is 0.107. The molecule has 1 aromatic heterocycles. The van der Waals surface area contributed by atoms with E-state index in [0.29, 0.717) is 34.8 Å². The van der Waals surface area contributed by atoms with Crippen molar-refractivity contribution in [2.24, 2.45) is 0 Å². The molecule has 0 atom stereocenters. The minimum atomic E-state index is -1.09. The van der Waals surface area contributed by atoms with Crippen LogP contribution in [-0.2, 0) is 17.8 Å². The normalized spacial score (nSPS) is 10.4. The first-order valence-corrected chi connectivity index (χ1v) is 8.27. The molecule has 0 aliphatic carbocycles. The van der Waals surface area contributed by atoms with Gasteiger partial charge in [0.15, 0.2) is 0 Å². The van der Waals surface area contributed by atoms with Crippen molar-refractivity contribution in [1.29, 1.82) is 0 Å². The summed E-state index contributed by atoms with van der Waals surface area (Å²) in [5.74, 6) is 0.227. The van der Waals surface area contributed by atoms with E-state index < -0.39 is 12.5 Å². The Bertz CT molecular complexity index is 745. The molecule has 0 spiro atoms. The molecule has 0 aliphatic heterocycles. The lowest BCUT2D eigenvalue weighted by atomic mass is 10.1. The Morgan fingerprint density at radius 3 is 2.35 bits per heavy atom. The highest BCUT2D eigenvalue weighted by molar-refractivity contribution is 5.96. The Balaban J connectivity index is 2.31. The van der Waals surface area contributed by atoms with E-state index >= 15 is 0 Å². The highest BCUT2D eigenvalue weighted by Crippen LogP contribution is 2.24. The van der Waals surface area contributed by atoms with Gasteiger partial charge >= 0.3 is 5.97 Å². The van der Waals surface area contributed by atoms with Gasteiger partial charge in [-0.3, -0.25) is 9.59 Å². The third kappa shape index (κ3) is 4.78. The number of hydrogen-bond donors (Lipinski definition) is 1. The smallest absolute Gasteiger partial charge is 0.323 e. The number of nitrogens with zero attached hydrogens (tertiary/aromatic N) is 1. The van der Waals surface area contributed by atoms with Gasteiger partial charge < -0.3 is 23.9 Å². The number of amides is 1. The van der Waals surface area contributed by atoms with Crippen LogP contribution in [-0.4, -0.2) is 42.6 Å². The zero-order valence-electron chi connectivity index (χ0n) is 15.2. The average molecular weight is 361 g/mol. The molecule has 7 nitrogen and oxygen atoms in total. The maximum absolute atomic E-state index is 12.9. The zero-order chi connectivity index (χ0) is 19.1. The first kappa shape index (κ1) is 19.4. The van der Waals surface area contributed by atoms with E-state index in [1.807, 2.05) is 6.92 Å². The molecule has 0 aliphatic rings.